The highest BCUT2D eigenvalue weighted by molar-refractivity contribution is 5.98. The maximum atomic E-state index is 14.6. The molecule has 0 bridgehead atoms. The number of pyridine rings is 2. The summed E-state index contributed by atoms with van der Waals surface area (Å²) in [5.74, 6) is -1.83. The Morgan fingerprint density at radius 1 is 1.17 bits per heavy atom. The first-order valence-corrected chi connectivity index (χ1v) is 9.43. The van der Waals surface area contributed by atoms with Crippen LogP contribution in [0.1, 0.15) is 41.7 Å². The highest BCUT2D eigenvalue weighted by Gasteiger charge is 2.32. The molecule has 2 heterocycles. The van der Waals surface area contributed by atoms with Crippen LogP contribution in [0.5, 0.6) is 0 Å². The van der Waals surface area contributed by atoms with E-state index in [2.05, 4.69) is 25.9 Å². The first-order chi connectivity index (χ1) is 14.2. The average molecular weight is 426 g/mol. The molecule has 1 aliphatic rings. The van der Waals surface area contributed by atoms with Gasteiger partial charge in [-0.15, -0.1) is 0 Å². The zero-order valence-corrected chi connectivity index (χ0v) is 16.2. The normalized spacial score (nSPS) is 19.4. The summed E-state index contributed by atoms with van der Waals surface area (Å²) in [6.45, 7) is 0. The maximum Gasteiger partial charge on any atom is 0.433 e. The Hall–Kier alpha value is -2.95. The second kappa shape index (κ2) is 8.82. The minimum absolute atomic E-state index is 0.0641. The van der Waals surface area contributed by atoms with E-state index in [1.807, 2.05) is 7.05 Å². The number of likely N-dealkylation sites (N-methyl/N-ethyl adjacent to an activating group) is 1. The lowest BCUT2D eigenvalue weighted by Gasteiger charge is -2.32. The number of hydrogen-bond acceptors (Lipinski definition) is 6. The molecule has 0 unspecified atom stereocenters. The van der Waals surface area contributed by atoms with Crippen LogP contribution in [0.2, 0.25) is 0 Å². The Morgan fingerprint density at radius 2 is 1.87 bits per heavy atom. The van der Waals surface area contributed by atoms with Gasteiger partial charge in [-0.2, -0.15) is 13.2 Å². The molecular formula is C19H22F4N6O. The Labute approximate surface area is 170 Å². The van der Waals surface area contributed by atoms with Gasteiger partial charge < -0.3 is 21.7 Å². The van der Waals surface area contributed by atoms with Crippen LogP contribution in [-0.2, 0) is 6.18 Å². The fraction of sp³-hybridized carbons (Fsp3) is 0.421. The van der Waals surface area contributed by atoms with Crippen molar-refractivity contribution in [2.75, 3.05) is 17.7 Å². The lowest BCUT2D eigenvalue weighted by Crippen LogP contribution is -2.45. The van der Waals surface area contributed by atoms with Gasteiger partial charge in [0.1, 0.15) is 11.5 Å². The quantitative estimate of drug-likeness (QED) is 0.528. The molecule has 5 N–H and O–H groups in total. The van der Waals surface area contributed by atoms with Gasteiger partial charge in [-0.25, -0.2) is 14.4 Å². The summed E-state index contributed by atoms with van der Waals surface area (Å²) in [6.07, 6.45) is 0.163. The molecule has 1 amide bonds. The van der Waals surface area contributed by atoms with Gasteiger partial charge >= 0.3 is 6.18 Å². The molecule has 2 atom stereocenters. The monoisotopic (exact) mass is 426 g/mol. The van der Waals surface area contributed by atoms with Crippen molar-refractivity contribution in [1.82, 2.24) is 15.3 Å². The largest absolute Gasteiger partial charge is 0.433 e. The number of carbonyl (C=O) groups excluding carboxylic acids is 1. The summed E-state index contributed by atoms with van der Waals surface area (Å²) in [7, 11) is 1.83. The van der Waals surface area contributed by atoms with Crippen molar-refractivity contribution in [3.8, 4) is 0 Å². The van der Waals surface area contributed by atoms with E-state index in [4.69, 9.17) is 5.73 Å². The zero-order valence-electron chi connectivity index (χ0n) is 16.2. The van der Waals surface area contributed by atoms with Crippen molar-refractivity contribution >= 4 is 23.2 Å². The SMILES string of the molecule is CN[C@H]1CCCC[C@H]1Nc1nc(Nc2ccc(C(F)(F)F)nc2)c(C(N)=O)cc1F. The van der Waals surface area contributed by atoms with Crippen LogP contribution >= 0.6 is 0 Å². The number of aromatic nitrogens is 2. The smallest absolute Gasteiger partial charge is 0.365 e. The fourth-order valence-corrected chi connectivity index (χ4v) is 3.47. The maximum absolute atomic E-state index is 14.6. The number of rotatable bonds is 6. The molecule has 3 rings (SSSR count). The van der Waals surface area contributed by atoms with E-state index < -0.39 is 23.6 Å². The summed E-state index contributed by atoms with van der Waals surface area (Å²) in [5.41, 5.74) is 4.16. The Bertz CT molecular complexity index is 903. The Balaban J connectivity index is 1.89. The van der Waals surface area contributed by atoms with Crippen LogP contribution < -0.4 is 21.7 Å². The fourth-order valence-electron chi connectivity index (χ4n) is 3.47. The molecule has 0 saturated heterocycles. The topological polar surface area (TPSA) is 105 Å². The van der Waals surface area contributed by atoms with Gasteiger partial charge in [-0.1, -0.05) is 12.8 Å². The molecule has 2 aromatic heterocycles. The van der Waals surface area contributed by atoms with Crippen LogP contribution in [-0.4, -0.2) is 35.0 Å². The predicted molar refractivity (Wildman–Crippen MR) is 104 cm³/mol. The molecule has 2 aromatic rings. The van der Waals surface area contributed by atoms with Gasteiger partial charge in [0, 0.05) is 12.1 Å². The number of nitrogens with zero attached hydrogens (tertiary/aromatic N) is 2. The number of alkyl halides is 3. The summed E-state index contributed by atoms with van der Waals surface area (Å²) < 4.78 is 52.6. The number of halogens is 4. The lowest BCUT2D eigenvalue weighted by molar-refractivity contribution is -0.141. The Kier molecular flexibility index (Phi) is 6.40. The van der Waals surface area contributed by atoms with E-state index in [1.54, 1.807) is 0 Å². The molecular weight excluding hydrogens is 404 g/mol. The summed E-state index contributed by atoms with van der Waals surface area (Å²) in [6, 6.07) is 2.94. The third-order valence-corrected chi connectivity index (χ3v) is 5.02. The molecule has 0 spiro atoms. The number of primary amides is 1. The first-order valence-electron chi connectivity index (χ1n) is 9.43. The molecule has 30 heavy (non-hydrogen) atoms. The summed E-state index contributed by atoms with van der Waals surface area (Å²) in [5, 5.41) is 8.96. The van der Waals surface area contributed by atoms with Gasteiger partial charge in [0.25, 0.3) is 5.91 Å². The van der Waals surface area contributed by atoms with Crippen LogP contribution in [0.25, 0.3) is 0 Å². The summed E-state index contributed by atoms with van der Waals surface area (Å²) in [4.78, 5) is 19.2. The standard InChI is InChI=1S/C19H22F4N6O/c1-25-13-4-2-3-5-14(13)28-18-12(20)8-11(16(24)30)17(29-18)27-10-6-7-15(26-9-10)19(21,22)23/h6-9,13-14,25H,2-5H2,1H3,(H2,24,30)(H2,27,28,29)/t13-,14+/m0/s1. The van der Waals surface area contributed by atoms with E-state index >= 15 is 0 Å². The molecule has 0 aliphatic heterocycles. The molecule has 162 valence electrons. The summed E-state index contributed by atoms with van der Waals surface area (Å²) >= 11 is 0. The lowest BCUT2D eigenvalue weighted by atomic mass is 9.90. The van der Waals surface area contributed by atoms with Crippen LogP contribution in [0.4, 0.5) is 34.9 Å². The first kappa shape index (κ1) is 21.8. The van der Waals surface area contributed by atoms with Crippen molar-refractivity contribution in [2.45, 2.75) is 43.9 Å². The minimum atomic E-state index is -4.58. The number of nitrogens with two attached hydrogens (primary N) is 1. The van der Waals surface area contributed by atoms with Crippen molar-refractivity contribution in [1.29, 1.82) is 0 Å². The number of hydrogen-bond donors (Lipinski definition) is 4. The molecule has 7 nitrogen and oxygen atoms in total. The number of anilines is 3. The third kappa shape index (κ3) is 4.96. The van der Waals surface area contributed by atoms with E-state index in [9.17, 15) is 22.4 Å². The second-order valence-corrected chi connectivity index (χ2v) is 7.06. The number of nitrogens with one attached hydrogen (secondary N) is 3. The third-order valence-electron chi connectivity index (χ3n) is 5.02. The molecule has 11 heteroatoms. The second-order valence-electron chi connectivity index (χ2n) is 7.06. The highest BCUT2D eigenvalue weighted by Crippen LogP contribution is 2.30. The van der Waals surface area contributed by atoms with Gasteiger partial charge in [0.05, 0.1) is 17.4 Å². The van der Waals surface area contributed by atoms with Crippen LogP contribution in [0.3, 0.4) is 0 Å². The van der Waals surface area contributed by atoms with Crippen LogP contribution in [0.15, 0.2) is 24.4 Å². The van der Waals surface area contributed by atoms with Crippen molar-refractivity contribution in [3.05, 3.63) is 41.5 Å². The van der Waals surface area contributed by atoms with E-state index in [1.165, 1.54) is 0 Å². The van der Waals surface area contributed by atoms with Crippen LogP contribution in [0, 0.1) is 5.82 Å². The van der Waals surface area contributed by atoms with E-state index in [0.29, 0.717) is 0 Å². The average Bonchev–Trinajstić information content (AvgIpc) is 2.70. The van der Waals surface area contributed by atoms with Crippen molar-refractivity contribution in [3.63, 3.8) is 0 Å². The van der Waals surface area contributed by atoms with Gasteiger partial charge in [0.15, 0.2) is 11.6 Å². The molecule has 0 radical (unpaired) electrons. The Morgan fingerprint density at radius 3 is 2.43 bits per heavy atom. The van der Waals surface area contributed by atoms with Gasteiger partial charge in [0.2, 0.25) is 0 Å². The number of carbonyl (C=O) groups is 1. The number of amides is 1. The van der Waals surface area contributed by atoms with Crippen molar-refractivity contribution in [2.24, 2.45) is 5.73 Å². The van der Waals surface area contributed by atoms with Gasteiger partial charge in [-0.05, 0) is 38.1 Å². The molecule has 1 aliphatic carbocycles. The molecule has 1 fully saturated rings. The minimum Gasteiger partial charge on any atom is -0.365 e. The van der Waals surface area contributed by atoms with Crippen molar-refractivity contribution < 1.29 is 22.4 Å². The molecule has 0 aromatic carbocycles. The van der Waals surface area contributed by atoms with E-state index in [0.717, 1.165) is 50.1 Å². The zero-order chi connectivity index (χ0) is 21.9. The predicted octanol–water partition coefficient (Wildman–Crippen LogP) is 3.42. The van der Waals surface area contributed by atoms with E-state index in [-0.39, 0.29) is 35.0 Å². The van der Waals surface area contributed by atoms with Gasteiger partial charge in [-0.3, -0.25) is 4.79 Å². The highest BCUT2D eigenvalue weighted by atomic mass is 19.4. The molecule has 1 saturated carbocycles.